The van der Waals surface area contributed by atoms with Crippen LogP contribution < -0.4 is 10.6 Å². The van der Waals surface area contributed by atoms with Crippen LogP contribution in [0.15, 0.2) is 24.3 Å². The highest BCUT2D eigenvalue weighted by Gasteiger charge is 2.23. The fourth-order valence-corrected chi connectivity index (χ4v) is 6.20. The summed E-state index contributed by atoms with van der Waals surface area (Å²) in [5, 5.41) is 26.1. The fourth-order valence-electron chi connectivity index (χ4n) is 5.48. The van der Waals surface area contributed by atoms with Crippen LogP contribution in [0.3, 0.4) is 0 Å². The highest BCUT2D eigenvalue weighted by molar-refractivity contribution is 7.11. The van der Waals surface area contributed by atoms with Gasteiger partial charge in [-0.25, -0.2) is 0 Å². The van der Waals surface area contributed by atoms with Crippen LogP contribution in [0.2, 0.25) is 0 Å². The van der Waals surface area contributed by atoms with Gasteiger partial charge in [-0.15, -0.1) is 0 Å². The zero-order valence-electron chi connectivity index (χ0n) is 19.3. The van der Waals surface area contributed by atoms with Crippen molar-refractivity contribution in [1.29, 1.82) is 5.41 Å². The second-order valence-corrected chi connectivity index (χ2v) is 10.5. The van der Waals surface area contributed by atoms with Crippen molar-refractivity contribution in [3.05, 3.63) is 35.4 Å². The summed E-state index contributed by atoms with van der Waals surface area (Å²) in [5.41, 5.74) is 2.88. The SMILES string of the molecule is CCCC1CCC(c2ccc(Nc3snc(O)c3C(=N)NCC3CCCCC3)cc2)CC1. The van der Waals surface area contributed by atoms with Crippen molar-refractivity contribution in [3.63, 3.8) is 0 Å². The van der Waals surface area contributed by atoms with Crippen LogP contribution in [0.4, 0.5) is 10.7 Å². The van der Waals surface area contributed by atoms with Crippen LogP contribution in [0.1, 0.15) is 94.6 Å². The lowest BCUT2D eigenvalue weighted by Gasteiger charge is -2.28. The summed E-state index contributed by atoms with van der Waals surface area (Å²) < 4.78 is 4.10. The molecule has 32 heavy (non-hydrogen) atoms. The molecule has 4 N–H and O–H groups in total. The van der Waals surface area contributed by atoms with E-state index < -0.39 is 0 Å². The Morgan fingerprint density at radius 1 is 1.03 bits per heavy atom. The molecule has 2 saturated carbocycles. The van der Waals surface area contributed by atoms with Gasteiger partial charge in [0.2, 0.25) is 5.88 Å². The number of nitrogens with one attached hydrogen (secondary N) is 3. The molecule has 4 rings (SSSR count). The third kappa shape index (κ3) is 5.83. The number of aromatic hydroxyl groups is 1. The molecule has 0 saturated heterocycles. The molecule has 0 bridgehead atoms. The predicted molar refractivity (Wildman–Crippen MR) is 135 cm³/mol. The Balaban J connectivity index is 1.34. The fraction of sp³-hybridized carbons (Fsp3) is 0.615. The first kappa shape index (κ1) is 23.1. The van der Waals surface area contributed by atoms with Crippen molar-refractivity contribution in [2.75, 3.05) is 11.9 Å². The van der Waals surface area contributed by atoms with Gasteiger partial charge >= 0.3 is 0 Å². The van der Waals surface area contributed by atoms with E-state index in [1.807, 2.05) is 0 Å². The van der Waals surface area contributed by atoms with E-state index in [-0.39, 0.29) is 11.7 Å². The second-order valence-electron chi connectivity index (χ2n) is 9.72. The molecular weight excluding hydrogens is 416 g/mol. The Labute approximate surface area is 196 Å². The van der Waals surface area contributed by atoms with Gasteiger partial charge < -0.3 is 15.7 Å². The van der Waals surface area contributed by atoms with Gasteiger partial charge in [0, 0.05) is 12.2 Å². The number of hydrogen-bond acceptors (Lipinski definition) is 5. The van der Waals surface area contributed by atoms with Crippen molar-refractivity contribution in [3.8, 4) is 5.88 Å². The minimum atomic E-state index is -0.0703. The van der Waals surface area contributed by atoms with Crippen LogP contribution in [0.25, 0.3) is 0 Å². The van der Waals surface area contributed by atoms with E-state index in [9.17, 15) is 5.11 Å². The normalized spacial score (nSPS) is 21.9. The topological polar surface area (TPSA) is 81.0 Å². The Morgan fingerprint density at radius 2 is 1.75 bits per heavy atom. The summed E-state index contributed by atoms with van der Waals surface area (Å²) in [4.78, 5) is 0. The lowest BCUT2D eigenvalue weighted by molar-refractivity contribution is 0.308. The number of benzene rings is 1. The monoisotopic (exact) mass is 454 g/mol. The lowest BCUT2D eigenvalue weighted by atomic mass is 9.77. The van der Waals surface area contributed by atoms with E-state index in [1.54, 1.807) is 0 Å². The summed E-state index contributed by atoms with van der Waals surface area (Å²) in [7, 11) is 0. The van der Waals surface area contributed by atoms with Crippen LogP contribution in [-0.4, -0.2) is 21.9 Å². The Morgan fingerprint density at radius 3 is 2.44 bits per heavy atom. The molecule has 5 nitrogen and oxygen atoms in total. The first-order valence-corrected chi connectivity index (χ1v) is 13.3. The molecule has 1 heterocycles. The Kier molecular flexibility index (Phi) is 8.06. The largest absolute Gasteiger partial charge is 0.492 e. The number of aromatic nitrogens is 1. The van der Waals surface area contributed by atoms with Crippen molar-refractivity contribution >= 4 is 28.1 Å². The molecule has 1 aromatic heterocycles. The minimum Gasteiger partial charge on any atom is -0.492 e. The van der Waals surface area contributed by atoms with Crippen LogP contribution in [0, 0.1) is 17.2 Å². The molecule has 2 aliphatic carbocycles. The van der Waals surface area contributed by atoms with Crippen LogP contribution in [0.5, 0.6) is 5.88 Å². The van der Waals surface area contributed by atoms with Crippen LogP contribution >= 0.6 is 11.5 Å². The minimum absolute atomic E-state index is 0.0703. The molecule has 2 aliphatic rings. The lowest BCUT2D eigenvalue weighted by Crippen LogP contribution is -2.30. The average molecular weight is 455 g/mol. The number of nitrogens with zero attached hydrogens (tertiary/aromatic N) is 1. The van der Waals surface area contributed by atoms with Gasteiger partial charge in [-0.3, -0.25) is 5.41 Å². The third-order valence-corrected chi connectivity index (χ3v) is 8.15. The second kappa shape index (κ2) is 11.2. The molecule has 2 fully saturated rings. The quantitative estimate of drug-likeness (QED) is 0.252. The number of amidine groups is 1. The van der Waals surface area contributed by atoms with Gasteiger partial charge in [0.15, 0.2) is 0 Å². The van der Waals surface area contributed by atoms with E-state index >= 15 is 0 Å². The van der Waals surface area contributed by atoms with Gasteiger partial charge in [0.1, 0.15) is 16.4 Å². The molecule has 0 amide bonds. The molecule has 0 radical (unpaired) electrons. The maximum absolute atomic E-state index is 10.3. The van der Waals surface area contributed by atoms with E-state index in [4.69, 9.17) is 5.41 Å². The molecule has 2 aromatic rings. The molecule has 0 spiro atoms. The van der Waals surface area contributed by atoms with E-state index in [0.29, 0.717) is 17.4 Å². The Bertz CT molecular complexity index is 864. The van der Waals surface area contributed by atoms with E-state index in [0.717, 1.165) is 23.2 Å². The number of hydrogen-bond donors (Lipinski definition) is 4. The van der Waals surface area contributed by atoms with Gasteiger partial charge in [0.05, 0.1) is 0 Å². The van der Waals surface area contributed by atoms with Crippen molar-refractivity contribution < 1.29 is 5.11 Å². The highest BCUT2D eigenvalue weighted by Crippen LogP contribution is 2.38. The smallest absolute Gasteiger partial charge is 0.236 e. The molecule has 174 valence electrons. The van der Waals surface area contributed by atoms with Crippen molar-refractivity contribution in [2.45, 2.75) is 83.5 Å². The molecule has 0 unspecified atom stereocenters. The standard InChI is InChI=1S/C26H38N4OS/c1-2-6-18-9-11-20(12-10-18)21-13-15-22(16-14-21)29-26-23(25(31)30-32-26)24(27)28-17-19-7-4-3-5-8-19/h13-16,18-20,29H,2-12,17H2,1H3,(H2,27,28)(H,30,31). The molecule has 0 atom stereocenters. The maximum Gasteiger partial charge on any atom is 0.236 e. The zero-order chi connectivity index (χ0) is 22.3. The van der Waals surface area contributed by atoms with Crippen molar-refractivity contribution in [1.82, 2.24) is 9.69 Å². The van der Waals surface area contributed by atoms with E-state index in [2.05, 4.69) is 46.2 Å². The van der Waals surface area contributed by atoms with Crippen LogP contribution in [-0.2, 0) is 0 Å². The third-order valence-electron chi connectivity index (χ3n) is 7.40. The maximum atomic E-state index is 10.3. The molecule has 1 aromatic carbocycles. The summed E-state index contributed by atoms with van der Waals surface area (Å²) >= 11 is 1.21. The summed E-state index contributed by atoms with van der Waals surface area (Å²) in [5.74, 6) is 2.41. The predicted octanol–water partition coefficient (Wildman–Crippen LogP) is 7.16. The van der Waals surface area contributed by atoms with Gasteiger partial charge in [0.25, 0.3) is 0 Å². The first-order valence-electron chi connectivity index (χ1n) is 12.5. The first-order chi connectivity index (χ1) is 15.6. The van der Waals surface area contributed by atoms with E-state index in [1.165, 1.54) is 87.7 Å². The highest BCUT2D eigenvalue weighted by atomic mass is 32.1. The number of rotatable bonds is 8. The Hall–Kier alpha value is -2.08. The zero-order valence-corrected chi connectivity index (χ0v) is 20.1. The molecule has 6 heteroatoms. The van der Waals surface area contributed by atoms with Crippen molar-refractivity contribution in [2.24, 2.45) is 11.8 Å². The summed E-state index contributed by atoms with van der Waals surface area (Å²) in [6.45, 7) is 3.09. The average Bonchev–Trinajstić information content (AvgIpc) is 3.19. The molecule has 0 aliphatic heterocycles. The number of anilines is 2. The summed E-state index contributed by atoms with van der Waals surface area (Å²) in [6.07, 6.45) is 14.4. The van der Waals surface area contributed by atoms with Gasteiger partial charge in [-0.05, 0) is 85.5 Å². The molecular formula is C26H38N4OS. The van der Waals surface area contributed by atoms with Gasteiger partial charge in [-0.1, -0.05) is 51.2 Å². The van der Waals surface area contributed by atoms with Gasteiger partial charge in [-0.2, -0.15) is 4.37 Å². The summed E-state index contributed by atoms with van der Waals surface area (Å²) in [6, 6.07) is 8.71.